The Morgan fingerprint density at radius 1 is 1.07 bits per heavy atom. The van der Waals surface area contributed by atoms with Crippen LogP contribution in [-0.4, -0.2) is 28.7 Å². The molecule has 0 saturated carbocycles. The van der Waals surface area contributed by atoms with E-state index in [1.54, 1.807) is 17.8 Å². The van der Waals surface area contributed by atoms with E-state index in [4.69, 9.17) is 0 Å². The summed E-state index contributed by atoms with van der Waals surface area (Å²) in [7, 11) is -2.30. The Balaban J connectivity index is 1.86. The number of carbonyl (C=O) groups is 1. The molecule has 5 rings (SSSR count). The number of hydrogen-bond donors (Lipinski definition) is 1. The number of benzene rings is 2. The van der Waals surface area contributed by atoms with Gasteiger partial charge in [-0.15, -0.1) is 0 Å². The lowest BCUT2D eigenvalue weighted by molar-refractivity contribution is -0.137. The van der Waals surface area contributed by atoms with Gasteiger partial charge in [0.2, 0.25) is 0 Å². The second-order valence-corrected chi connectivity index (χ2v) is 8.37. The molecule has 0 fully saturated rings. The number of aryl methyl sites for hydroxylation is 1. The first kappa shape index (κ1) is 17.7. The molecule has 11 heteroatoms. The number of aromatic nitrogens is 3. The van der Waals surface area contributed by atoms with Crippen molar-refractivity contribution in [1.82, 2.24) is 19.1 Å². The molecule has 0 aliphatic carbocycles. The van der Waals surface area contributed by atoms with Crippen LogP contribution < -0.4 is 4.72 Å². The summed E-state index contributed by atoms with van der Waals surface area (Å²) in [5.74, 6) is -0.721. The summed E-state index contributed by atoms with van der Waals surface area (Å²) < 4.78 is 68.3. The van der Waals surface area contributed by atoms with Gasteiger partial charge in [0.1, 0.15) is 4.90 Å². The predicted octanol–water partition coefficient (Wildman–Crippen LogP) is 2.97. The number of nitrogens with zero attached hydrogens (tertiary/aromatic N) is 3. The Labute approximate surface area is 161 Å². The fourth-order valence-corrected chi connectivity index (χ4v) is 4.78. The molecule has 2 aromatic carbocycles. The molecule has 0 radical (unpaired) electrons. The first-order chi connectivity index (χ1) is 13.6. The summed E-state index contributed by atoms with van der Waals surface area (Å²) in [5, 5.41) is 5.57. The molecule has 0 spiro atoms. The largest absolute Gasteiger partial charge is 0.416 e. The molecule has 1 amide bonds. The third-order valence-corrected chi connectivity index (χ3v) is 6.24. The number of rotatable bonds is 1. The van der Waals surface area contributed by atoms with Gasteiger partial charge in [0, 0.05) is 29.7 Å². The smallest absolute Gasteiger partial charge is 0.292 e. The molecule has 1 N–H and O–H groups in total. The van der Waals surface area contributed by atoms with Crippen LogP contribution in [0.3, 0.4) is 0 Å². The van der Waals surface area contributed by atoms with Gasteiger partial charge in [-0.1, -0.05) is 0 Å². The van der Waals surface area contributed by atoms with Crippen molar-refractivity contribution >= 4 is 37.9 Å². The van der Waals surface area contributed by atoms with E-state index in [2.05, 4.69) is 5.10 Å². The van der Waals surface area contributed by atoms with Gasteiger partial charge in [-0.2, -0.15) is 18.3 Å². The molecule has 0 saturated heterocycles. The molecular formula is C18H11F3N4O3S. The molecule has 1 aliphatic heterocycles. The highest BCUT2D eigenvalue weighted by atomic mass is 32.2. The maximum atomic E-state index is 12.9. The van der Waals surface area contributed by atoms with Crippen LogP contribution >= 0.6 is 0 Å². The second kappa shape index (κ2) is 5.38. The van der Waals surface area contributed by atoms with Gasteiger partial charge in [-0.3, -0.25) is 14.0 Å². The second-order valence-electron chi connectivity index (χ2n) is 6.72. The number of halogens is 3. The van der Waals surface area contributed by atoms with Crippen LogP contribution in [0, 0.1) is 0 Å². The Kier molecular flexibility index (Phi) is 3.29. The van der Waals surface area contributed by atoms with Crippen molar-refractivity contribution in [2.75, 3.05) is 0 Å². The lowest BCUT2D eigenvalue weighted by Gasteiger charge is -2.10. The molecule has 3 heterocycles. The summed E-state index contributed by atoms with van der Waals surface area (Å²) in [5.41, 5.74) is 0.456. The highest BCUT2D eigenvalue weighted by Gasteiger charge is 2.34. The zero-order valence-electron chi connectivity index (χ0n) is 14.6. The van der Waals surface area contributed by atoms with E-state index in [0.29, 0.717) is 27.6 Å². The summed E-state index contributed by atoms with van der Waals surface area (Å²) in [6.07, 6.45) is -2.77. The van der Waals surface area contributed by atoms with Crippen LogP contribution in [0.15, 0.2) is 47.5 Å². The lowest BCUT2D eigenvalue weighted by Crippen LogP contribution is -2.20. The normalized spacial score (nSPS) is 15.8. The third kappa shape index (κ3) is 2.47. The number of fused-ring (bicyclic) bond motifs is 4. The molecule has 0 unspecified atom stereocenters. The average Bonchev–Trinajstić information content (AvgIpc) is 3.21. The van der Waals surface area contributed by atoms with Gasteiger partial charge in [-0.25, -0.2) is 13.1 Å². The molecule has 4 aromatic rings. The number of hydrogen-bond acceptors (Lipinski definition) is 4. The fourth-order valence-electron chi connectivity index (χ4n) is 3.61. The first-order valence-electron chi connectivity index (χ1n) is 8.33. The van der Waals surface area contributed by atoms with Crippen molar-refractivity contribution < 1.29 is 26.4 Å². The standard InChI is InChI=1S/C18H11F3N4O3S/c1-24-8-13-11-6-12-15(29(27,28)23-17(12)26)7-14(11)25(16(13)22-24)10-4-2-9(3-5-10)18(19,20)21/h2-8H,1H3,(H,23,26). The van der Waals surface area contributed by atoms with Gasteiger partial charge in [0.15, 0.2) is 5.65 Å². The van der Waals surface area contributed by atoms with E-state index in [0.717, 1.165) is 12.1 Å². The number of sulfonamides is 1. The van der Waals surface area contributed by atoms with Gasteiger partial charge >= 0.3 is 6.18 Å². The van der Waals surface area contributed by atoms with Gasteiger partial charge in [0.05, 0.1) is 16.6 Å². The van der Waals surface area contributed by atoms with Crippen molar-refractivity contribution in [3.05, 3.63) is 53.7 Å². The Morgan fingerprint density at radius 2 is 1.76 bits per heavy atom. The molecule has 29 heavy (non-hydrogen) atoms. The molecule has 2 aromatic heterocycles. The molecule has 0 atom stereocenters. The molecule has 1 aliphatic rings. The van der Waals surface area contributed by atoms with Crippen molar-refractivity contribution in [2.45, 2.75) is 11.1 Å². The lowest BCUT2D eigenvalue weighted by atomic mass is 10.1. The number of amides is 1. The minimum Gasteiger partial charge on any atom is -0.292 e. The zero-order chi connectivity index (χ0) is 20.7. The monoisotopic (exact) mass is 420 g/mol. The third-order valence-electron chi connectivity index (χ3n) is 4.86. The molecular weight excluding hydrogens is 409 g/mol. The number of nitrogens with one attached hydrogen (secondary N) is 1. The van der Waals surface area contributed by atoms with E-state index in [-0.39, 0.29) is 10.5 Å². The minimum absolute atomic E-state index is 0.0211. The number of alkyl halides is 3. The van der Waals surface area contributed by atoms with E-state index >= 15 is 0 Å². The fraction of sp³-hybridized carbons (Fsp3) is 0.111. The summed E-state index contributed by atoms with van der Waals surface area (Å²) in [6, 6.07) is 7.30. The minimum atomic E-state index is -4.47. The van der Waals surface area contributed by atoms with Crippen molar-refractivity contribution in [2.24, 2.45) is 7.05 Å². The molecule has 7 nitrogen and oxygen atoms in total. The summed E-state index contributed by atoms with van der Waals surface area (Å²) in [6.45, 7) is 0. The summed E-state index contributed by atoms with van der Waals surface area (Å²) >= 11 is 0. The molecule has 0 bridgehead atoms. The maximum absolute atomic E-state index is 12.9. The maximum Gasteiger partial charge on any atom is 0.416 e. The van der Waals surface area contributed by atoms with E-state index < -0.39 is 27.7 Å². The van der Waals surface area contributed by atoms with Crippen LogP contribution in [0.2, 0.25) is 0 Å². The van der Waals surface area contributed by atoms with Crippen LogP contribution in [0.1, 0.15) is 15.9 Å². The number of carbonyl (C=O) groups excluding carboxylic acids is 1. The quantitative estimate of drug-likeness (QED) is 0.513. The van der Waals surface area contributed by atoms with E-state index in [9.17, 15) is 26.4 Å². The summed E-state index contributed by atoms with van der Waals surface area (Å²) in [4.78, 5) is 11.9. The van der Waals surface area contributed by atoms with Crippen LogP contribution in [0.25, 0.3) is 27.6 Å². The highest BCUT2D eigenvalue weighted by molar-refractivity contribution is 7.90. The van der Waals surface area contributed by atoms with E-state index in [1.807, 2.05) is 4.72 Å². The SMILES string of the molecule is Cn1cc2c3cc4c(cc3n(-c3ccc(C(F)(F)F)cc3)c2n1)S(=O)(=O)NC4=O. The Morgan fingerprint density at radius 3 is 2.41 bits per heavy atom. The van der Waals surface area contributed by atoms with Gasteiger partial charge in [0.25, 0.3) is 15.9 Å². The van der Waals surface area contributed by atoms with Crippen LogP contribution in [0.4, 0.5) is 13.2 Å². The average molecular weight is 420 g/mol. The van der Waals surface area contributed by atoms with Crippen molar-refractivity contribution in [3.63, 3.8) is 0 Å². The Hall–Kier alpha value is -3.34. The Bertz CT molecular complexity index is 1450. The van der Waals surface area contributed by atoms with Crippen molar-refractivity contribution in [3.8, 4) is 5.69 Å². The molecule has 148 valence electrons. The van der Waals surface area contributed by atoms with Gasteiger partial charge < -0.3 is 0 Å². The topological polar surface area (TPSA) is 86.0 Å². The highest BCUT2D eigenvalue weighted by Crippen LogP contribution is 2.37. The van der Waals surface area contributed by atoms with Gasteiger partial charge in [-0.05, 0) is 36.4 Å². The van der Waals surface area contributed by atoms with Crippen LogP contribution in [-0.2, 0) is 23.2 Å². The van der Waals surface area contributed by atoms with Crippen molar-refractivity contribution in [1.29, 1.82) is 0 Å². The zero-order valence-corrected chi connectivity index (χ0v) is 15.5. The first-order valence-corrected chi connectivity index (χ1v) is 9.81. The predicted molar refractivity (Wildman–Crippen MR) is 97.2 cm³/mol. The van der Waals surface area contributed by atoms with E-state index in [1.165, 1.54) is 28.9 Å². The van der Waals surface area contributed by atoms with Crippen LogP contribution in [0.5, 0.6) is 0 Å².